The van der Waals surface area contributed by atoms with Crippen LogP contribution in [0.4, 0.5) is 0 Å². The molecule has 33 heavy (non-hydrogen) atoms. The van der Waals surface area contributed by atoms with Crippen LogP contribution in [0.3, 0.4) is 0 Å². The van der Waals surface area contributed by atoms with Crippen molar-refractivity contribution in [1.82, 2.24) is 24.4 Å². The highest BCUT2D eigenvalue weighted by atomic mass is 32.1. The zero-order valence-corrected chi connectivity index (χ0v) is 19.6. The van der Waals surface area contributed by atoms with Crippen LogP contribution in [0.25, 0.3) is 4.96 Å². The average molecular weight is 466 g/mol. The third-order valence-electron chi connectivity index (χ3n) is 6.21. The molecule has 172 valence electrons. The van der Waals surface area contributed by atoms with Gasteiger partial charge in [0, 0.05) is 32.6 Å². The van der Waals surface area contributed by atoms with Gasteiger partial charge in [-0.25, -0.2) is 4.98 Å². The molecule has 1 fully saturated rings. The molecule has 1 amide bonds. The first-order chi connectivity index (χ1) is 16.1. The third kappa shape index (κ3) is 4.02. The van der Waals surface area contributed by atoms with Gasteiger partial charge in [0.15, 0.2) is 11.6 Å². The van der Waals surface area contributed by atoms with Gasteiger partial charge >= 0.3 is 0 Å². The van der Waals surface area contributed by atoms with Gasteiger partial charge in [0.1, 0.15) is 0 Å². The van der Waals surface area contributed by atoms with Crippen LogP contribution in [0, 0.1) is 0 Å². The van der Waals surface area contributed by atoms with Crippen molar-refractivity contribution in [3.05, 3.63) is 70.3 Å². The van der Waals surface area contributed by atoms with E-state index in [-0.39, 0.29) is 17.8 Å². The number of nitrogens with zero attached hydrogens (tertiary/aromatic N) is 5. The van der Waals surface area contributed by atoms with Gasteiger partial charge in [0.2, 0.25) is 10.8 Å². The van der Waals surface area contributed by atoms with Crippen molar-refractivity contribution in [3.63, 3.8) is 0 Å². The number of aromatic nitrogens is 3. The maximum Gasteiger partial charge on any atom is 0.289 e. The Balaban J connectivity index is 1.45. The fourth-order valence-electron chi connectivity index (χ4n) is 4.32. The second-order valence-corrected chi connectivity index (χ2v) is 9.18. The Labute approximate surface area is 196 Å². The molecular weight excluding hydrogens is 438 g/mol. The number of hydrogen-bond donors (Lipinski definition) is 1. The number of fused-ring (bicyclic) bond motifs is 1. The Morgan fingerprint density at radius 3 is 2.48 bits per heavy atom. The Kier molecular flexibility index (Phi) is 5.90. The molecule has 5 rings (SSSR count). The van der Waals surface area contributed by atoms with Gasteiger partial charge in [0.25, 0.3) is 5.91 Å². The summed E-state index contributed by atoms with van der Waals surface area (Å²) in [6, 6.07) is 11.8. The van der Waals surface area contributed by atoms with E-state index in [2.05, 4.69) is 46.2 Å². The molecule has 1 N–H and O–H groups in total. The Hall–Kier alpha value is -3.17. The van der Waals surface area contributed by atoms with Crippen molar-refractivity contribution in [3.8, 4) is 5.88 Å². The summed E-state index contributed by atoms with van der Waals surface area (Å²) in [7, 11) is 0. The number of aromatic hydroxyl groups is 1. The van der Waals surface area contributed by atoms with Gasteiger partial charge in [0.05, 0.1) is 17.2 Å². The molecule has 0 spiro atoms. The fraction of sp³-hybridized carbons (Fsp3) is 0.375. The van der Waals surface area contributed by atoms with Crippen molar-refractivity contribution in [2.75, 3.05) is 26.2 Å². The summed E-state index contributed by atoms with van der Waals surface area (Å²) >= 11 is 1.47. The van der Waals surface area contributed by atoms with Crippen LogP contribution < -0.4 is 0 Å². The molecule has 1 aliphatic rings. The van der Waals surface area contributed by atoms with Crippen molar-refractivity contribution >= 4 is 22.2 Å². The number of thiazole rings is 1. The number of aryl methyl sites for hydroxylation is 2. The second-order valence-electron chi connectivity index (χ2n) is 8.17. The summed E-state index contributed by atoms with van der Waals surface area (Å²) in [6.07, 6.45) is 3.21. The zero-order valence-electron chi connectivity index (χ0n) is 18.8. The standard InChI is InChI=1S/C24H27N5O3S/c1-3-16-7-9-17(10-8-16)20(21-23(31)29-24(33-21)25-19(4-2)26-29)27-11-13-28(14-12-27)22(30)18-6-5-15-32-18/h5-10,15,20,31H,3-4,11-14H2,1-2H3/t20-/m0/s1. The summed E-state index contributed by atoms with van der Waals surface area (Å²) in [5, 5.41) is 15.5. The number of hydrogen-bond acceptors (Lipinski definition) is 7. The van der Waals surface area contributed by atoms with E-state index in [4.69, 9.17) is 4.42 Å². The van der Waals surface area contributed by atoms with E-state index in [0.29, 0.717) is 36.9 Å². The third-order valence-corrected chi connectivity index (χ3v) is 7.28. The van der Waals surface area contributed by atoms with Gasteiger partial charge in [-0.3, -0.25) is 9.69 Å². The number of piperazine rings is 1. The molecule has 4 heterocycles. The zero-order chi connectivity index (χ0) is 22.9. The van der Waals surface area contributed by atoms with E-state index >= 15 is 0 Å². The minimum atomic E-state index is -0.143. The van der Waals surface area contributed by atoms with E-state index in [9.17, 15) is 9.90 Å². The van der Waals surface area contributed by atoms with Crippen LogP contribution in [0.15, 0.2) is 47.1 Å². The monoisotopic (exact) mass is 465 g/mol. The number of carbonyl (C=O) groups is 1. The van der Waals surface area contributed by atoms with E-state index in [1.165, 1.54) is 23.2 Å². The van der Waals surface area contributed by atoms with Crippen LogP contribution in [0.1, 0.15) is 52.3 Å². The first-order valence-corrected chi connectivity index (χ1v) is 12.1. The molecule has 1 saturated heterocycles. The Bertz CT molecular complexity index is 1240. The minimum Gasteiger partial charge on any atom is -0.492 e. The molecular formula is C24H27N5O3S. The number of furan rings is 1. The maximum absolute atomic E-state index is 12.7. The molecule has 0 saturated carbocycles. The van der Waals surface area contributed by atoms with E-state index in [1.807, 2.05) is 11.8 Å². The largest absolute Gasteiger partial charge is 0.492 e. The lowest BCUT2D eigenvalue weighted by Gasteiger charge is -2.38. The molecule has 0 bridgehead atoms. The van der Waals surface area contributed by atoms with Crippen LogP contribution in [-0.4, -0.2) is 61.6 Å². The lowest BCUT2D eigenvalue weighted by molar-refractivity contribution is 0.0568. The normalized spacial score (nSPS) is 15.9. The average Bonchev–Trinajstić information content (AvgIpc) is 3.59. The van der Waals surface area contributed by atoms with E-state index in [1.54, 1.807) is 16.6 Å². The number of benzene rings is 1. The molecule has 1 atom stereocenters. The highest BCUT2D eigenvalue weighted by molar-refractivity contribution is 7.17. The lowest BCUT2D eigenvalue weighted by atomic mass is 10.0. The maximum atomic E-state index is 12.7. The van der Waals surface area contributed by atoms with Gasteiger partial charge in [-0.1, -0.05) is 49.4 Å². The molecule has 1 aromatic carbocycles. The molecule has 8 nitrogen and oxygen atoms in total. The number of carbonyl (C=O) groups excluding carboxylic acids is 1. The quantitative estimate of drug-likeness (QED) is 0.467. The molecule has 0 radical (unpaired) electrons. The predicted molar refractivity (Wildman–Crippen MR) is 126 cm³/mol. The van der Waals surface area contributed by atoms with Crippen molar-refractivity contribution in [2.45, 2.75) is 32.7 Å². The summed E-state index contributed by atoms with van der Waals surface area (Å²) in [6.45, 7) is 6.67. The predicted octanol–water partition coefficient (Wildman–Crippen LogP) is 3.76. The van der Waals surface area contributed by atoms with Crippen molar-refractivity contribution < 1.29 is 14.3 Å². The topological polar surface area (TPSA) is 87.1 Å². The summed E-state index contributed by atoms with van der Waals surface area (Å²) in [5.74, 6) is 1.14. The summed E-state index contributed by atoms with van der Waals surface area (Å²) < 4.78 is 6.83. The highest BCUT2D eigenvalue weighted by Gasteiger charge is 2.33. The highest BCUT2D eigenvalue weighted by Crippen LogP contribution is 2.40. The lowest BCUT2D eigenvalue weighted by Crippen LogP contribution is -2.49. The van der Waals surface area contributed by atoms with Gasteiger partial charge < -0.3 is 14.4 Å². The number of amides is 1. The minimum absolute atomic E-state index is 0.0859. The van der Waals surface area contributed by atoms with Crippen LogP contribution in [-0.2, 0) is 12.8 Å². The van der Waals surface area contributed by atoms with Gasteiger partial charge in [-0.15, -0.1) is 5.10 Å². The summed E-state index contributed by atoms with van der Waals surface area (Å²) in [4.78, 5) is 22.9. The molecule has 0 unspecified atom stereocenters. The second kappa shape index (κ2) is 8.99. The Morgan fingerprint density at radius 2 is 1.88 bits per heavy atom. The van der Waals surface area contributed by atoms with E-state index < -0.39 is 0 Å². The molecule has 0 aliphatic carbocycles. The molecule has 4 aromatic rings. The van der Waals surface area contributed by atoms with Gasteiger partial charge in [-0.05, 0) is 29.7 Å². The van der Waals surface area contributed by atoms with Crippen LogP contribution in [0.5, 0.6) is 5.88 Å². The van der Waals surface area contributed by atoms with Crippen molar-refractivity contribution in [2.24, 2.45) is 0 Å². The smallest absolute Gasteiger partial charge is 0.289 e. The van der Waals surface area contributed by atoms with E-state index in [0.717, 1.165) is 29.1 Å². The fourth-order valence-corrected chi connectivity index (χ4v) is 5.46. The first kappa shape index (κ1) is 21.7. The van der Waals surface area contributed by atoms with Crippen LogP contribution >= 0.6 is 11.3 Å². The molecule has 1 aliphatic heterocycles. The number of rotatable bonds is 6. The summed E-state index contributed by atoms with van der Waals surface area (Å²) in [5.41, 5.74) is 2.37. The van der Waals surface area contributed by atoms with Crippen molar-refractivity contribution in [1.29, 1.82) is 0 Å². The SMILES string of the molecule is CCc1ccc([C@@H](c2sc3nc(CC)nn3c2O)N2CCN(C(=O)c3ccco3)CC2)cc1. The molecule has 3 aromatic heterocycles. The Morgan fingerprint density at radius 1 is 1.12 bits per heavy atom. The molecule has 9 heteroatoms. The first-order valence-electron chi connectivity index (χ1n) is 11.3. The van der Waals surface area contributed by atoms with Gasteiger partial charge in [-0.2, -0.15) is 4.52 Å². The van der Waals surface area contributed by atoms with Crippen LogP contribution in [0.2, 0.25) is 0 Å².